The molecule has 0 radical (unpaired) electrons. The van der Waals surface area contributed by atoms with E-state index in [0.29, 0.717) is 29.6 Å². The molecule has 0 aliphatic rings. The molecule has 0 unspecified atom stereocenters. The van der Waals surface area contributed by atoms with Gasteiger partial charge in [-0.15, -0.1) is 5.10 Å². The minimum absolute atomic E-state index is 0.00436. The molecule has 8 nitrogen and oxygen atoms in total. The molecule has 4 aromatic rings. The van der Waals surface area contributed by atoms with Gasteiger partial charge in [0.15, 0.2) is 5.69 Å². The first-order valence-corrected chi connectivity index (χ1v) is 10.7. The number of carbonyl (C=O) groups excluding carboxylic acids is 1. The fraction of sp³-hybridized carbons (Fsp3) is 0.250. The zero-order chi connectivity index (χ0) is 25.2. The predicted octanol–water partition coefficient (Wildman–Crippen LogP) is 5.27. The van der Waals surface area contributed by atoms with Gasteiger partial charge in [0, 0.05) is 11.3 Å². The Morgan fingerprint density at radius 3 is 2.57 bits per heavy atom. The summed E-state index contributed by atoms with van der Waals surface area (Å²) in [5, 5.41) is 10.4. The maximum absolute atomic E-state index is 12.9. The number of ether oxygens (including phenoxy) is 1. The Morgan fingerprint density at radius 2 is 1.89 bits per heavy atom. The van der Waals surface area contributed by atoms with Crippen molar-refractivity contribution in [1.82, 2.24) is 20.0 Å². The highest BCUT2D eigenvalue weighted by molar-refractivity contribution is 6.03. The third-order valence-corrected chi connectivity index (χ3v) is 5.25. The Bertz CT molecular complexity index is 1340. The first-order valence-electron chi connectivity index (χ1n) is 10.7. The Hall–Kier alpha value is -4.15. The molecule has 0 fully saturated rings. The Kier molecular flexibility index (Phi) is 6.59. The number of amides is 1. The van der Waals surface area contributed by atoms with E-state index in [1.165, 1.54) is 16.8 Å². The number of aryl methyl sites for hydroxylation is 1. The van der Waals surface area contributed by atoms with Crippen molar-refractivity contribution >= 4 is 11.6 Å². The first-order chi connectivity index (χ1) is 16.7. The summed E-state index contributed by atoms with van der Waals surface area (Å²) in [5.41, 5.74) is 0.951. The molecule has 0 aliphatic carbocycles. The van der Waals surface area contributed by atoms with E-state index in [1.54, 1.807) is 13.8 Å². The molecule has 11 heteroatoms. The molecule has 2 aromatic carbocycles. The molecule has 0 saturated heterocycles. The van der Waals surface area contributed by atoms with Gasteiger partial charge in [0.25, 0.3) is 5.91 Å². The van der Waals surface area contributed by atoms with E-state index >= 15 is 0 Å². The van der Waals surface area contributed by atoms with Crippen molar-refractivity contribution < 1.29 is 27.1 Å². The van der Waals surface area contributed by atoms with Crippen molar-refractivity contribution in [3.8, 4) is 17.2 Å². The molecule has 0 aliphatic heterocycles. The normalized spacial score (nSPS) is 11.5. The van der Waals surface area contributed by atoms with Gasteiger partial charge in [0.1, 0.15) is 17.2 Å². The second-order valence-corrected chi connectivity index (χ2v) is 7.69. The number of hydrogen-bond acceptors (Lipinski definition) is 6. The summed E-state index contributed by atoms with van der Waals surface area (Å²) >= 11 is 0. The summed E-state index contributed by atoms with van der Waals surface area (Å²) in [5.74, 6) is 1.09. The van der Waals surface area contributed by atoms with Crippen LogP contribution in [0.15, 0.2) is 52.9 Å². The summed E-state index contributed by atoms with van der Waals surface area (Å²) in [6.45, 7) is 6.09. The van der Waals surface area contributed by atoms with Gasteiger partial charge in [-0.25, -0.2) is 9.67 Å². The standard InChI is InChI=1S/C24H22F3N5O3/c1-4-34-19-10-8-16(9-11-19)23-29-20(15(3)35-23)13-32-14(2)21(30-31-32)22(33)28-18-7-5-6-17(12-18)24(25,26)27/h5-12H,4,13H2,1-3H3,(H,28,33). The number of rotatable bonds is 7. The molecular formula is C24H22F3N5O3. The summed E-state index contributed by atoms with van der Waals surface area (Å²) in [7, 11) is 0. The lowest BCUT2D eigenvalue weighted by Gasteiger charge is -2.09. The van der Waals surface area contributed by atoms with Gasteiger partial charge < -0.3 is 14.5 Å². The zero-order valence-electron chi connectivity index (χ0n) is 19.2. The van der Waals surface area contributed by atoms with Crippen molar-refractivity contribution in [2.24, 2.45) is 0 Å². The van der Waals surface area contributed by atoms with Gasteiger partial charge in [0.2, 0.25) is 5.89 Å². The van der Waals surface area contributed by atoms with Crippen LogP contribution in [0.5, 0.6) is 5.75 Å². The van der Waals surface area contributed by atoms with Gasteiger partial charge in [-0.1, -0.05) is 11.3 Å². The van der Waals surface area contributed by atoms with Crippen LogP contribution < -0.4 is 10.1 Å². The van der Waals surface area contributed by atoms with Crippen LogP contribution >= 0.6 is 0 Å². The third kappa shape index (κ3) is 5.34. The summed E-state index contributed by atoms with van der Waals surface area (Å²) in [6, 6.07) is 11.7. The maximum Gasteiger partial charge on any atom is 0.416 e. The van der Waals surface area contributed by atoms with E-state index in [9.17, 15) is 18.0 Å². The second-order valence-electron chi connectivity index (χ2n) is 7.69. The Labute approximate surface area is 198 Å². The smallest absolute Gasteiger partial charge is 0.416 e. The number of nitrogens with one attached hydrogen (secondary N) is 1. The SMILES string of the molecule is CCOc1ccc(-c2nc(Cn3nnc(C(=O)Nc4cccc(C(F)(F)F)c4)c3C)c(C)o2)cc1. The van der Waals surface area contributed by atoms with Crippen molar-refractivity contribution in [3.05, 3.63) is 76.9 Å². The summed E-state index contributed by atoms with van der Waals surface area (Å²) in [4.78, 5) is 17.2. The highest BCUT2D eigenvalue weighted by Crippen LogP contribution is 2.31. The minimum atomic E-state index is -4.51. The highest BCUT2D eigenvalue weighted by atomic mass is 19.4. The van der Waals surface area contributed by atoms with Crippen molar-refractivity contribution in [2.45, 2.75) is 33.5 Å². The van der Waals surface area contributed by atoms with Crippen LogP contribution in [0.3, 0.4) is 0 Å². The van der Waals surface area contributed by atoms with Gasteiger partial charge in [-0.3, -0.25) is 4.79 Å². The molecule has 0 saturated carbocycles. The van der Waals surface area contributed by atoms with Crippen LogP contribution in [-0.4, -0.2) is 32.5 Å². The van der Waals surface area contributed by atoms with Gasteiger partial charge in [0.05, 0.1) is 24.4 Å². The number of benzene rings is 2. The average Bonchev–Trinajstić information content (AvgIpc) is 3.37. The molecule has 35 heavy (non-hydrogen) atoms. The van der Waals surface area contributed by atoms with E-state index in [0.717, 1.165) is 23.4 Å². The number of hydrogen-bond donors (Lipinski definition) is 1. The molecule has 0 atom stereocenters. The maximum atomic E-state index is 12.9. The number of halogens is 3. The molecule has 182 valence electrons. The first kappa shape index (κ1) is 24.0. The van der Waals surface area contributed by atoms with Crippen molar-refractivity contribution in [1.29, 1.82) is 0 Å². The molecule has 0 spiro atoms. The third-order valence-electron chi connectivity index (χ3n) is 5.25. The second kappa shape index (κ2) is 9.61. The van der Waals surface area contributed by atoms with Gasteiger partial charge >= 0.3 is 6.18 Å². The van der Waals surface area contributed by atoms with E-state index < -0.39 is 17.6 Å². The van der Waals surface area contributed by atoms with Crippen molar-refractivity contribution in [2.75, 3.05) is 11.9 Å². The fourth-order valence-electron chi connectivity index (χ4n) is 3.38. The number of carbonyl (C=O) groups is 1. The van der Waals surface area contributed by atoms with E-state index in [-0.39, 0.29) is 17.9 Å². The summed E-state index contributed by atoms with van der Waals surface area (Å²) in [6.07, 6.45) is -4.51. The average molecular weight is 485 g/mol. The molecular weight excluding hydrogens is 463 g/mol. The van der Waals surface area contributed by atoms with Crippen LogP contribution in [0.2, 0.25) is 0 Å². The van der Waals surface area contributed by atoms with E-state index in [2.05, 4.69) is 20.6 Å². The number of anilines is 1. The Morgan fingerprint density at radius 1 is 1.14 bits per heavy atom. The zero-order valence-corrected chi connectivity index (χ0v) is 19.2. The van der Waals surface area contributed by atoms with Crippen LogP contribution in [0.25, 0.3) is 11.5 Å². The van der Waals surface area contributed by atoms with Crippen LogP contribution in [-0.2, 0) is 12.7 Å². The Balaban J connectivity index is 1.49. The number of aromatic nitrogens is 4. The largest absolute Gasteiger partial charge is 0.494 e. The molecule has 4 rings (SSSR count). The number of alkyl halides is 3. The van der Waals surface area contributed by atoms with Gasteiger partial charge in [-0.05, 0) is 63.2 Å². The van der Waals surface area contributed by atoms with E-state index in [1.807, 2.05) is 31.2 Å². The monoisotopic (exact) mass is 485 g/mol. The molecule has 0 bridgehead atoms. The molecule has 1 amide bonds. The predicted molar refractivity (Wildman–Crippen MR) is 121 cm³/mol. The van der Waals surface area contributed by atoms with Gasteiger partial charge in [-0.2, -0.15) is 13.2 Å². The fourth-order valence-corrected chi connectivity index (χ4v) is 3.38. The van der Waals surface area contributed by atoms with E-state index in [4.69, 9.17) is 9.15 Å². The lowest BCUT2D eigenvalue weighted by Crippen LogP contribution is -2.15. The highest BCUT2D eigenvalue weighted by Gasteiger charge is 2.30. The van der Waals surface area contributed by atoms with Crippen molar-refractivity contribution in [3.63, 3.8) is 0 Å². The van der Waals surface area contributed by atoms with Crippen LogP contribution in [0.1, 0.15) is 40.1 Å². The van der Waals surface area contributed by atoms with Crippen LogP contribution in [0, 0.1) is 13.8 Å². The topological polar surface area (TPSA) is 95.1 Å². The lowest BCUT2D eigenvalue weighted by molar-refractivity contribution is -0.137. The van der Waals surface area contributed by atoms with Crippen LogP contribution in [0.4, 0.5) is 18.9 Å². The quantitative estimate of drug-likeness (QED) is 0.383. The molecule has 1 N–H and O–H groups in total. The minimum Gasteiger partial charge on any atom is -0.494 e. The molecule has 2 heterocycles. The summed E-state index contributed by atoms with van der Waals surface area (Å²) < 4.78 is 51.5. The number of oxazole rings is 1. The molecule has 2 aromatic heterocycles. The number of nitrogens with zero attached hydrogens (tertiary/aromatic N) is 4. The lowest BCUT2D eigenvalue weighted by atomic mass is 10.2.